The molecule has 0 fully saturated rings. The summed E-state index contributed by atoms with van der Waals surface area (Å²) in [6.45, 7) is 3.94. The lowest BCUT2D eigenvalue weighted by Gasteiger charge is -2.14. The van der Waals surface area contributed by atoms with E-state index in [1.807, 2.05) is 38.1 Å². The van der Waals surface area contributed by atoms with Gasteiger partial charge in [0.25, 0.3) is 5.91 Å². The lowest BCUT2D eigenvalue weighted by molar-refractivity contribution is -0.136. The molecule has 0 radical (unpaired) electrons. The van der Waals surface area contributed by atoms with Crippen molar-refractivity contribution in [2.45, 2.75) is 13.8 Å². The Morgan fingerprint density at radius 1 is 0.921 bits per heavy atom. The van der Waals surface area contributed by atoms with Crippen LogP contribution in [0.2, 0.25) is 0 Å². The van der Waals surface area contributed by atoms with Crippen LogP contribution >= 0.6 is 22.6 Å². The number of nitrogens with zero attached hydrogens (tertiary/aromatic N) is 1. The Morgan fingerprint density at radius 2 is 1.58 bits per heavy atom. The van der Waals surface area contributed by atoms with E-state index < -0.39 is 11.8 Å². The van der Waals surface area contributed by atoms with Gasteiger partial charge in [0.15, 0.2) is 18.1 Å². The van der Waals surface area contributed by atoms with Crippen LogP contribution in [0.15, 0.2) is 65.8 Å². The Balaban J connectivity index is 1.59. The molecule has 0 aromatic heterocycles. The van der Waals surface area contributed by atoms with E-state index in [0.29, 0.717) is 44.4 Å². The van der Waals surface area contributed by atoms with Crippen LogP contribution in [0.3, 0.4) is 0 Å². The molecule has 0 heterocycles. The first-order chi connectivity index (χ1) is 18.3. The molecule has 3 amide bonds. The van der Waals surface area contributed by atoms with Crippen LogP contribution < -0.4 is 30.3 Å². The molecule has 3 aromatic carbocycles. The lowest BCUT2D eigenvalue weighted by Crippen LogP contribution is -2.32. The lowest BCUT2D eigenvalue weighted by atomic mass is 10.2. The van der Waals surface area contributed by atoms with Crippen molar-refractivity contribution in [3.05, 3.63) is 75.4 Å². The number of methoxy groups -OCH3 is 1. The second-order valence-electron chi connectivity index (χ2n) is 7.85. The van der Waals surface area contributed by atoms with Crippen LogP contribution in [0.25, 0.3) is 0 Å². The molecule has 0 aliphatic carbocycles. The summed E-state index contributed by atoms with van der Waals surface area (Å²) in [5, 5.41) is 9.12. The summed E-state index contributed by atoms with van der Waals surface area (Å²) in [7, 11) is 1.53. The third-order valence-electron chi connectivity index (χ3n) is 4.95. The summed E-state index contributed by atoms with van der Waals surface area (Å²) in [6, 6.07) is 17.4. The summed E-state index contributed by atoms with van der Waals surface area (Å²) < 4.78 is 17.2. The second kappa shape index (κ2) is 14.0. The number of carbonyl (C=O) groups is 3. The van der Waals surface area contributed by atoms with Crippen LogP contribution in [-0.2, 0) is 14.4 Å². The molecule has 3 rings (SSSR count). The van der Waals surface area contributed by atoms with Gasteiger partial charge in [-0.05, 0) is 90.5 Å². The molecule has 0 spiro atoms. The topological polar surface area (TPSA) is 127 Å². The van der Waals surface area contributed by atoms with Gasteiger partial charge in [0.1, 0.15) is 5.75 Å². The Hall–Kier alpha value is -4.13. The quantitative estimate of drug-likeness (QED) is 0.134. The van der Waals surface area contributed by atoms with Crippen molar-refractivity contribution in [3.8, 4) is 17.2 Å². The highest BCUT2D eigenvalue weighted by molar-refractivity contribution is 14.1. The number of amides is 3. The van der Waals surface area contributed by atoms with Crippen LogP contribution in [0.4, 0.5) is 11.4 Å². The van der Waals surface area contributed by atoms with Gasteiger partial charge in [-0.2, -0.15) is 5.10 Å². The van der Waals surface area contributed by atoms with Crippen molar-refractivity contribution in [1.82, 2.24) is 5.43 Å². The van der Waals surface area contributed by atoms with Gasteiger partial charge >= 0.3 is 11.8 Å². The van der Waals surface area contributed by atoms with E-state index in [2.05, 4.69) is 43.8 Å². The van der Waals surface area contributed by atoms with E-state index in [-0.39, 0.29) is 12.5 Å². The fourth-order valence-electron chi connectivity index (χ4n) is 3.12. The molecule has 11 heteroatoms. The number of hydrazone groups is 1. The van der Waals surface area contributed by atoms with Gasteiger partial charge in [-0.25, -0.2) is 5.43 Å². The summed E-state index contributed by atoms with van der Waals surface area (Å²) in [4.78, 5) is 36.6. The van der Waals surface area contributed by atoms with Gasteiger partial charge in [0.05, 0.1) is 23.5 Å². The number of carbonyl (C=O) groups excluding carboxylic acids is 3. The zero-order valence-electron chi connectivity index (χ0n) is 21.0. The molecular weight excluding hydrogens is 603 g/mol. The first-order valence-electron chi connectivity index (χ1n) is 11.5. The first kappa shape index (κ1) is 28.4. The third kappa shape index (κ3) is 8.47. The maximum absolute atomic E-state index is 12.3. The molecular formula is C27H27IN4O6. The number of benzene rings is 3. The molecule has 3 N–H and O–H groups in total. The summed E-state index contributed by atoms with van der Waals surface area (Å²) in [5.74, 6) is -0.673. The minimum Gasteiger partial charge on any atom is -0.497 e. The molecule has 3 aromatic rings. The van der Waals surface area contributed by atoms with E-state index in [0.717, 1.165) is 5.56 Å². The minimum atomic E-state index is -0.934. The molecule has 198 valence electrons. The number of nitrogens with one attached hydrogen (secondary N) is 3. The second-order valence-corrected chi connectivity index (χ2v) is 9.01. The molecule has 0 bridgehead atoms. The number of hydrogen-bond acceptors (Lipinski definition) is 7. The highest BCUT2D eigenvalue weighted by atomic mass is 127. The Kier molecular flexibility index (Phi) is 10.5. The normalized spacial score (nSPS) is 10.5. The van der Waals surface area contributed by atoms with E-state index >= 15 is 0 Å². The standard InChI is InChI=1S/C27H27IN4O6/c1-4-37-23-14-18(15-29-32-27(35)26(34)31-20-9-11-21(36-3)12-10-20)13-22(28)25(23)38-16-24(33)30-19-7-5-17(2)6-8-19/h5-15H,4,16H2,1-3H3,(H,30,33)(H,31,34)(H,32,35)/b29-15-. The maximum atomic E-state index is 12.3. The van der Waals surface area contributed by atoms with Crippen molar-refractivity contribution in [2.75, 3.05) is 31.0 Å². The number of hydrogen-bond donors (Lipinski definition) is 3. The van der Waals surface area contributed by atoms with Crippen molar-refractivity contribution >= 4 is 57.9 Å². The van der Waals surface area contributed by atoms with E-state index in [4.69, 9.17) is 14.2 Å². The smallest absolute Gasteiger partial charge is 0.329 e. The van der Waals surface area contributed by atoms with Gasteiger partial charge < -0.3 is 24.8 Å². The molecule has 10 nitrogen and oxygen atoms in total. The fraction of sp³-hybridized carbons (Fsp3) is 0.185. The van der Waals surface area contributed by atoms with Gasteiger partial charge in [0.2, 0.25) is 0 Å². The van der Waals surface area contributed by atoms with E-state index in [9.17, 15) is 14.4 Å². The van der Waals surface area contributed by atoms with Crippen molar-refractivity contribution in [1.29, 1.82) is 0 Å². The van der Waals surface area contributed by atoms with Crippen molar-refractivity contribution in [2.24, 2.45) is 5.10 Å². The monoisotopic (exact) mass is 630 g/mol. The van der Waals surface area contributed by atoms with Crippen LogP contribution in [0.5, 0.6) is 17.2 Å². The minimum absolute atomic E-state index is 0.212. The zero-order chi connectivity index (χ0) is 27.5. The highest BCUT2D eigenvalue weighted by Crippen LogP contribution is 2.34. The van der Waals surface area contributed by atoms with Crippen molar-refractivity contribution in [3.63, 3.8) is 0 Å². The predicted octanol–water partition coefficient (Wildman–Crippen LogP) is 4.11. The number of aryl methyl sites for hydroxylation is 1. The Labute approximate surface area is 233 Å². The molecule has 0 saturated heterocycles. The molecule has 0 saturated carbocycles. The molecule has 0 unspecified atom stereocenters. The highest BCUT2D eigenvalue weighted by Gasteiger charge is 2.15. The average Bonchev–Trinajstić information content (AvgIpc) is 2.90. The summed E-state index contributed by atoms with van der Waals surface area (Å²) in [5.41, 5.74) is 4.99. The summed E-state index contributed by atoms with van der Waals surface area (Å²) in [6.07, 6.45) is 1.37. The molecule has 0 aliphatic heterocycles. The maximum Gasteiger partial charge on any atom is 0.329 e. The van der Waals surface area contributed by atoms with Crippen LogP contribution in [0, 0.1) is 10.5 Å². The van der Waals surface area contributed by atoms with Gasteiger partial charge in [-0.1, -0.05) is 17.7 Å². The van der Waals surface area contributed by atoms with Gasteiger partial charge in [-0.3, -0.25) is 14.4 Å². The predicted molar refractivity (Wildman–Crippen MR) is 153 cm³/mol. The average molecular weight is 630 g/mol. The third-order valence-corrected chi connectivity index (χ3v) is 5.75. The van der Waals surface area contributed by atoms with Crippen molar-refractivity contribution < 1.29 is 28.6 Å². The molecule has 0 atom stereocenters. The first-order valence-corrected chi connectivity index (χ1v) is 12.6. The number of rotatable bonds is 10. The van der Waals surface area contributed by atoms with E-state index in [1.165, 1.54) is 13.3 Å². The number of halogens is 1. The van der Waals surface area contributed by atoms with Crippen LogP contribution in [0.1, 0.15) is 18.1 Å². The van der Waals surface area contributed by atoms with Crippen LogP contribution in [-0.4, -0.2) is 44.3 Å². The molecule has 0 aliphatic rings. The Bertz CT molecular complexity index is 1310. The Morgan fingerprint density at radius 3 is 2.24 bits per heavy atom. The molecule has 38 heavy (non-hydrogen) atoms. The van der Waals surface area contributed by atoms with E-state index in [1.54, 1.807) is 36.4 Å². The SMILES string of the molecule is CCOc1cc(/C=N\NC(=O)C(=O)Nc2ccc(OC)cc2)cc(I)c1OCC(=O)Nc1ccc(C)cc1. The largest absolute Gasteiger partial charge is 0.497 e. The van der Waals surface area contributed by atoms with Gasteiger partial charge in [-0.15, -0.1) is 0 Å². The number of anilines is 2. The summed E-state index contributed by atoms with van der Waals surface area (Å²) >= 11 is 2.06. The van der Waals surface area contributed by atoms with Gasteiger partial charge in [0, 0.05) is 11.4 Å². The number of ether oxygens (including phenoxy) is 3. The fourth-order valence-corrected chi connectivity index (χ4v) is 3.90. The zero-order valence-corrected chi connectivity index (χ0v) is 23.2.